The molecule has 21 heavy (non-hydrogen) atoms. The Morgan fingerprint density at radius 2 is 1.95 bits per heavy atom. The molecule has 1 heterocycles. The third-order valence-corrected chi connectivity index (χ3v) is 3.52. The van der Waals surface area contributed by atoms with Crippen LogP contribution in [0.3, 0.4) is 0 Å². The van der Waals surface area contributed by atoms with Crippen molar-refractivity contribution in [3.8, 4) is 11.5 Å². The summed E-state index contributed by atoms with van der Waals surface area (Å²) in [4.78, 5) is 11.5. The van der Waals surface area contributed by atoms with Crippen LogP contribution in [0, 0.1) is 5.92 Å². The molecule has 1 aromatic rings. The summed E-state index contributed by atoms with van der Waals surface area (Å²) in [6, 6.07) is 5.09. The molecule has 2 rings (SSSR count). The summed E-state index contributed by atoms with van der Waals surface area (Å²) >= 11 is 0. The molecule has 0 atom stereocenters. The number of hydrogen-bond acceptors (Lipinski definition) is 5. The van der Waals surface area contributed by atoms with Crippen LogP contribution in [0.2, 0.25) is 0 Å². The maximum Gasteiger partial charge on any atom is 0.337 e. The van der Waals surface area contributed by atoms with E-state index in [9.17, 15) is 4.79 Å². The molecular weight excluding hydrogens is 294 g/mol. The average molecular weight is 316 g/mol. The number of carbonyl (C=O) groups excluding carboxylic acids is 1. The van der Waals surface area contributed by atoms with Crippen molar-refractivity contribution in [3.05, 3.63) is 23.8 Å². The van der Waals surface area contributed by atoms with Gasteiger partial charge in [0.2, 0.25) is 0 Å². The Hall–Kier alpha value is -1.46. The molecule has 1 aliphatic heterocycles. The number of hydrogen-bond donors (Lipinski definition) is 1. The van der Waals surface area contributed by atoms with Crippen molar-refractivity contribution in [1.29, 1.82) is 0 Å². The Labute approximate surface area is 131 Å². The second kappa shape index (κ2) is 8.74. The van der Waals surface area contributed by atoms with E-state index in [0.29, 0.717) is 29.6 Å². The largest absolute Gasteiger partial charge is 0.493 e. The molecule has 118 valence electrons. The molecule has 0 spiro atoms. The lowest BCUT2D eigenvalue weighted by Crippen LogP contribution is -2.30. The lowest BCUT2D eigenvalue weighted by molar-refractivity contribution is 0.0600. The first-order chi connectivity index (χ1) is 9.74. The predicted octanol–water partition coefficient (Wildman–Crippen LogP) is 2.28. The van der Waals surface area contributed by atoms with E-state index >= 15 is 0 Å². The monoisotopic (exact) mass is 315 g/mol. The zero-order chi connectivity index (χ0) is 14.4. The molecule has 1 fully saturated rings. The predicted molar refractivity (Wildman–Crippen MR) is 82.7 cm³/mol. The number of rotatable bonds is 5. The van der Waals surface area contributed by atoms with Gasteiger partial charge in [0.25, 0.3) is 0 Å². The number of benzene rings is 1. The first-order valence-electron chi connectivity index (χ1n) is 6.84. The van der Waals surface area contributed by atoms with Crippen molar-refractivity contribution in [2.45, 2.75) is 12.8 Å². The number of carbonyl (C=O) groups is 1. The lowest BCUT2D eigenvalue weighted by Gasteiger charge is -2.23. The van der Waals surface area contributed by atoms with Gasteiger partial charge >= 0.3 is 5.97 Å². The molecule has 5 nitrogen and oxygen atoms in total. The Balaban J connectivity index is 0.00000220. The molecule has 1 saturated heterocycles. The van der Waals surface area contributed by atoms with Gasteiger partial charge in [0.15, 0.2) is 11.5 Å². The fraction of sp³-hybridized carbons (Fsp3) is 0.533. The fourth-order valence-corrected chi connectivity index (χ4v) is 2.29. The van der Waals surface area contributed by atoms with Crippen molar-refractivity contribution < 1.29 is 19.0 Å². The minimum Gasteiger partial charge on any atom is -0.493 e. The average Bonchev–Trinajstić information content (AvgIpc) is 2.53. The highest BCUT2D eigenvalue weighted by Crippen LogP contribution is 2.29. The lowest BCUT2D eigenvalue weighted by atomic mass is 9.99. The van der Waals surface area contributed by atoms with E-state index in [2.05, 4.69) is 10.1 Å². The number of methoxy groups -OCH3 is 2. The second-order valence-corrected chi connectivity index (χ2v) is 4.86. The van der Waals surface area contributed by atoms with Gasteiger partial charge in [-0.3, -0.25) is 0 Å². The van der Waals surface area contributed by atoms with Gasteiger partial charge in [0, 0.05) is 0 Å². The first kappa shape index (κ1) is 17.6. The SMILES string of the molecule is COC(=O)c1ccc(OCC2CCNCC2)c(OC)c1.Cl. The highest BCUT2D eigenvalue weighted by molar-refractivity contribution is 5.90. The van der Waals surface area contributed by atoms with Crippen LogP contribution in [0.25, 0.3) is 0 Å². The van der Waals surface area contributed by atoms with Crippen LogP contribution >= 0.6 is 12.4 Å². The number of esters is 1. The molecule has 0 unspecified atom stereocenters. The summed E-state index contributed by atoms with van der Waals surface area (Å²) in [6.45, 7) is 2.77. The van der Waals surface area contributed by atoms with Crippen molar-refractivity contribution in [2.75, 3.05) is 33.9 Å². The van der Waals surface area contributed by atoms with Gasteiger partial charge in [-0.15, -0.1) is 12.4 Å². The summed E-state index contributed by atoms with van der Waals surface area (Å²) in [5, 5.41) is 3.33. The second-order valence-electron chi connectivity index (χ2n) is 4.86. The van der Waals surface area contributed by atoms with Crippen LogP contribution in [0.5, 0.6) is 11.5 Å². The summed E-state index contributed by atoms with van der Waals surface area (Å²) in [7, 11) is 2.92. The van der Waals surface area contributed by atoms with Crippen LogP contribution in [-0.4, -0.2) is 39.9 Å². The molecule has 0 aromatic heterocycles. The molecule has 0 radical (unpaired) electrons. The smallest absolute Gasteiger partial charge is 0.337 e. The van der Waals surface area contributed by atoms with Gasteiger partial charge in [-0.1, -0.05) is 0 Å². The van der Waals surface area contributed by atoms with Gasteiger partial charge in [-0.2, -0.15) is 0 Å². The van der Waals surface area contributed by atoms with Gasteiger partial charge in [-0.05, 0) is 50.0 Å². The van der Waals surface area contributed by atoms with Crippen LogP contribution in [0.15, 0.2) is 18.2 Å². The molecule has 0 aliphatic carbocycles. The molecule has 0 bridgehead atoms. The van der Waals surface area contributed by atoms with Gasteiger partial charge in [0.05, 0.1) is 26.4 Å². The molecule has 0 saturated carbocycles. The summed E-state index contributed by atoms with van der Waals surface area (Å²) in [5.74, 6) is 1.41. The summed E-state index contributed by atoms with van der Waals surface area (Å²) in [6.07, 6.45) is 2.26. The molecular formula is C15H22ClNO4. The number of piperidine rings is 1. The van der Waals surface area contributed by atoms with E-state index in [1.807, 2.05) is 0 Å². The van der Waals surface area contributed by atoms with E-state index in [1.165, 1.54) is 7.11 Å². The third kappa shape index (κ3) is 4.79. The van der Waals surface area contributed by atoms with Crippen molar-refractivity contribution in [1.82, 2.24) is 5.32 Å². The van der Waals surface area contributed by atoms with E-state index in [4.69, 9.17) is 9.47 Å². The van der Waals surface area contributed by atoms with Gasteiger partial charge in [0.1, 0.15) is 0 Å². The maximum absolute atomic E-state index is 11.5. The number of ether oxygens (including phenoxy) is 3. The third-order valence-electron chi connectivity index (χ3n) is 3.52. The van der Waals surface area contributed by atoms with Crippen LogP contribution in [-0.2, 0) is 4.74 Å². The highest BCUT2D eigenvalue weighted by atomic mass is 35.5. The Kier molecular flexibility index (Phi) is 7.32. The molecule has 1 aliphatic rings. The van der Waals surface area contributed by atoms with Crippen molar-refractivity contribution in [2.24, 2.45) is 5.92 Å². The van der Waals surface area contributed by atoms with Crippen LogP contribution in [0.4, 0.5) is 0 Å². The van der Waals surface area contributed by atoms with E-state index < -0.39 is 0 Å². The van der Waals surface area contributed by atoms with E-state index in [-0.39, 0.29) is 18.4 Å². The molecule has 1 aromatic carbocycles. The first-order valence-corrected chi connectivity index (χ1v) is 6.84. The Morgan fingerprint density at radius 1 is 1.24 bits per heavy atom. The Bertz CT molecular complexity index is 461. The quantitative estimate of drug-likeness (QED) is 0.845. The minimum atomic E-state index is -0.381. The zero-order valence-corrected chi connectivity index (χ0v) is 13.2. The Morgan fingerprint density at radius 3 is 2.57 bits per heavy atom. The molecule has 0 amide bonds. The zero-order valence-electron chi connectivity index (χ0n) is 12.4. The number of nitrogens with one attached hydrogen (secondary N) is 1. The maximum atomic E-state index is 11.5. The molecule has 6 heteroatoms. The van der Waals surface area contributed by atoms with E-state index in [1.54, 1.807) is 25.3 Å². The summed E-state index contributed by atoms with van der Waals surface area (Å²) < 4.78 is 15.8. The number of halogens is 1. The van der Waals surface area contributed by atoms with Crippen molar-refractivity contribution >= 4 is 18.4 Å². The summed E-state index contributed by atoms with van der Waals surface area (Å²) in [5.41, 5.74) is 0.457. The topological polar surface area (TPSA) is 56.8 Å². The van der Waals surface area contributed by atoms with Crippen LogP contribution < -0.4 is 14.8 Å². The van der Waals surface area contributed by atoms with Gasteiger partial charge < -0.3 is 19.5 Å². The van der Waals surface area contributed by atoms with Crippen molar-refractivity contribution in [3.63, 3.8) is 0 Å². The normalized spacial score (nSPS) is 15.0. The van der Waals surface area contributed by atoms with E-state index in [0.717, 1.165) is 25.9 Å². The fourth-order valence-electron chi connectivity index (χ4n) is 2.29. The van der Waals surface area contributed by atoms with Crippen LogP contribution in [0.1, 0.15) is 23.2 Å². The highest BCUT2D eigenvalue weighted by Gasteiger charge is 2.16. The molecule has 1 N–H and O–H groups in total. The van der Waals surface area contributed by atoms with Gasteiger partial charge in [-0.25, -0.2) is 4.79 Å². The standard InChI is InChI=1S/C15H21NO4.ClH/c1-18-14-9-12(15(17)19-2)3-4-13(14)20-10-11-5-7-16-8-6-11;/h3-4,9,11,16H,5-8,10H2,1-2H3;1H. The minimum absolute atomic E-state index is 0.